The third kappa shape index (κ3) is 21.2. The van der Waals surface area contributed by atoms with Crippen molar-refractivity contribution in [2.75, 3.05) is 164 Å². The fourth-order valence-electron chi connectivity index (χ4n) is 11.4. The SMILES string of the molecule is CC(C)(C)OC(=O)N1CCC(Oc2cc(Cl)nc(N3CCOCC3)n2)CC1.COC(=O)N1CCC(Oc2cc(-c3cnc(N)[nH]c3=O)nc(N3CCOCC3)n2)CC1.COc1nc(N)ncc1B1OC(C)(C)C(C)(C)O1.Nc1ncc(-c2cc(OC3CCNCC3)nc(N3CCOCC3)n2)c(=O)[nH]1. The maximum atomic E-state index is 12.4. The number of anilines is 6. The van der Waals surface area contributed by atoms with Gasteiger partial charge in [-0.05, 0) is 74.4 Å². The monoisotopic (exact) mass is 1450 g/mol. The van der Waals surface area contributed by atoms with Gasteiger partial charge in [0.15, 0.2) is 11.9 Å². The highest BCUT2D eigenvalue weighted by Gasteiger charge is 2.53. The molecule has 13 rings (SSSR count). The highest BCUT2D eigenvalue weighted by molar-refractivity contribution is 6.63. The maximum absolute atomic E-state index is 12.4. The van der Waals surface area contributed by atoms with Gasteiger partial charge in [-0.3, -0.25) is 19.6 Å². The average Bonchev–Trinajstić information content (AvgIpc) is 1.63. The summed E-state index contributed by atoms with van der Waals surface area (Å²) in [6, 6.07) is 4.94. The van der Waals surface area contributed by atoms with Crippen LogP contribution in [0.5, 0.6) is 23.5 Å². The van der Waals surface area contributed by atoms with Gasteiger partial charge < -0.3 is 99.0 Å². The van der Waals surface area contributed by atoms with Crippen LogP contribution in [0.2, 0.25) is 5.15 Å². The van der Waals surface area contributed by atoms with Crippen molar-refractivity contribution in [3.05, 3.63) is 62.7 Å². The lowest BCUT2D eigenvalue weighted by atomic mass is 9.81. The topological polar surface area (TPSA) is 437 Å². The zero-order chi connectivity index (χ0) is 73.4. The van der Waals surface area contributed by atoms with Gasteiger partial charge in [0, 0.05) is 128 Å². The lowest BCUT2D eigenvalue weighted by molar-refractivity contribution is 0.00578. The number of amides is 2. The van der Waals surface area contributed by atoms with Gasteiger partial charge in [0.1, 0.15) is 29.1 Å². The smallest absolute Gasteiger partial charge is 0.481 e. The first kappa shape index (κ1) is 76.4. The molecule has 0 aromatic carbocycles. The molecule has 7 aliphatic rings. The highest BCUT2D eigenvalue weighted by Crippen LogP contribution is 2.37. The van der Waals surface area contributed by atoms with Gasteiger partial charge in [-0.15, -0.1) is 0 Å². The maximum Gasteiger partial charge on any atom is 0.502 e. The second-order valence-electron chi connectivity index (χ2n) is 26.8. The number of nitrogens with one attached hydrogen (secondary N) is 3. The molecule has 7 aliphatic heterocycles. The molecule has 7 fully saturated rings. The van der Waals surface area contributed by atoms with Gasteiger partial charge in [0.2, 0.25) is 47.3 Å². The summed E-state index contributed by atoms with van der Waals surface area (Å²) < 4.78 is 61.6. The fourth-order valence-corrected chi connectivity index (χ4v) is 11.6. The van der Waals surface area contributed by atoms with E-state index in [1.54, 1.807) is 34.2 Å². The van der Waals surface area contributed by atoms with Crippen LogP contribution in [0.3, 0.4) is 0 Å². The molecule has 0 aliphatic carbocycles. The number of likely N-dealkylation sites (tertiary alicyclic amines) is 2. The number of carbonyl (C=O) groups excluding carboxylic acids is 2. The molecule has 0 saturated carbocycles. The van der Waals surface area contributed by atoms with E-state index in [1.165, 1.54) is 26.6 Å². The zero-order valence-corrected chi connectivity index (χ0v) is 60.4. The predicted molar refractivity (Wildman–Crippen MR) is 381 cm³/mol. The predicted octanol–water partition coefficient (Wildman–Crippen LogP) is 3.14. The van der Waals surface area contributed by atoms with Gasteiger partial charge in [-0.1, -0.05) is 11.6 Å². The quantitative estimate of drug-likeness (QED) is 0.0714. The van der Waals surface area contributed by atoms with Crippen molar-refractivity contribution in [3.63, 3.8) is 0 Å². The van der Waals surface area contributed by atoms with Crippen molar-refractivity contribution in [1.29, 1.82) is 0 Å². The van der Waals surface area contributed by atoms with Gasteiger partial charge in [0.25, 0.3) is 11.1 Å². The molecule has 0 atom stereocenters. The molecular weight excluding hydrogens is 1360 g/mol. The fraction of sp³-hybridized carbons (Fsp3) is 0.600. The molecule has 13 heterocycles. The summed E-state index contributed by atoms with van der Waals surface area (Å²) in [5.74, 6) is 3.47. The first-order valence-electron chi connectivity index (χ1n) is 34.3. The molecule has 0 unspecified atom stereocenters. The molecule has 2 amide bonds. The number of carbonyl (C=O) groups is 2. The van der Waals surface area contributed by atoms with E-state index in [0.717, 1.165) is 39.0 Å². The highest BCUT2D eigenvalue weighted by atomic mass is 35.5. The van der Waals surface area contributed by atoms with Crippen LogP contribution in [0.25, 0.3) is 22.5 Å². The summed E-state index contributed by atoms with van der Waals surface area (Å²) in [7, 11) is 2.34. The number of nitrogen functional groups attached to an aromatic ring is 3. The lowest BCUT2D eigenvalue weighted by Crippen LogP contribution is -2.44. The largest absolute Gasteiger partial charge is 0.502 e. The van der Waals surface area contributed by atoms with Gasteiger partial charge in [0.05, 0.1) is 93.0 Å². The lowest BCUT2D eigenvalue weighted by Gasteiger charge is -2.33. The molecule has 558 valence electrons. The van der Waals surface area contributed by atoms with E-state index in [4.69, 9.17) is 80.7 Å². The van der Waals surface area contributed by atoms with E-state index in [2.05, 4.69) is 65.1 Å². The number of ether oxygens (including phenoxy) is 9. The number of hydrogen-bond acceptors (Lipinski definition) is 32. The van der Waals surface area contributed by atoms with Crippen LogP contribution >= 0.6 is 11.6 Å². The molecule has 0 spiro atoms. The average molecular weight is 1450 g/mol. The second kappa shape index (κ2) is 34.8. The molecule has 36 nitrogen and oxygen atoms in total. The molecule has 9 N–H and O–H groups in total. The van der Waals surface area contributed by atoms with E-state index in [1.807, 2.05) is 63.2 Å². The van der Waals surface area contributed by atoms with Crippen LogP contribution in [0.1, 0.15) is 87.0 Å². The van der Waals surface area contributed by atoms with Crippen molar-refractivity contribution < 1.29 is 61.5 Å². The molecule has 6 aromatic heterocycles. The molecule has 0 bridgehead atoms. The third-order valence-corrected chi connectivity index (χ3v) is 17.9. The third-order valence-electron chi connectivity index (χ3n) is 17.7. The number of halogens is 1. The molecule has 6 aromatic rings. The molecular formula is C65H93BClN21O15. The Bertz CT molecular complexity index is 3920. The van der Waals surface area contributed by atoms with Crippen LogP contribution in [0, 0.1) is 0 Å². The minimum atomic E-state index is -0.550. The Morgan fingerprint density at radius 1 is 0.553 bits per heavy atom. The number of H-pyrrole nitrogens is 2. The minimum absolute atomic E-state index is 0.0211. The van der Waals surface area contributed by atoms with E-state index < -0.39 is 29.5 Å². The Kier molecular flexibility index (Phi) is 25.8. The number of piperidine rings is 3. The summed E-state index contributed by atoms with van der Waals surface area (Å²) in [5, 5.41) is 3.67. The summed E-state index contributed by atoms with van der Waals surface area (Å²) >= 11 is 6.15. The number of morpholine rings is 3. The summed E-state index contributed by atoms with van der Waals surface area (Å²) in [6.45, 7) is 25.4. The number of aromatic nitrogens is 12. The van der Waals surface area contributed by atoms with E-state index in [-0.39, 0.29) is 59.5 Å². The van der Waals surface area contributed by atoms with Crippen molar-refractivity contribution in [3.8, 4) is 46.0 Å². The van der Waals surface area contributed by atoms with E-state index in [9.17, 15) is 19.2 Å². The summed E-state index contributed by atoms with van der Waals surface area (Å²) in [6.07, 6.45) is 8.26. The number of nitrogens with two attached hydrogens (primary N) is 3. The number of rotatable bonds is 13. The molecule has 38 heteroatoms. The number of hydrogen-bond donors (Lipinski definition) is 6. The van der Waals surface area contributed by atoms with Crippen LogP contribution in [0.4, 0.5) is 45.3 Å². The molecule has 103 heavy (non-hydrogen) atoms. The van der Waals surface area contributed by atoms with Crippen molar-refractivity contribution in [1.82, 2.24) is 74.9 Å². The normalized spacial score (nSPS) is 18.8. The van der Waals surface area contributed by atoms with Crippen molar-refractivity contribution in [2.45, 2.75) is 122 Å². The number of nitrogens with zero attached hydrogens (tertiary/aromatic N) is 15. The van der Waals surface area contributed by atoms with Crippen LogP contribution in [0.15, 0.2) is 46.4 Å². The van der Waals surface area contributed by atoms with Crippen LogP contribution in [-0.4, -0.2) is 256 Å². The Labute approximate surface area is 601 Å². The van der Waals surface area contributed by atoms with E-state index >= 15 is 0 Å². The Morgan fingerprint density at radius 3 is 1.37 bits per heavy atom. The van der Waals surface area contributed by atoms with Crippen LogP contribution < -0.4 is 72.7 Å². The second-order valence-corrected chi connectivity index (χ2v) is 27.2. The number of methoxy groups -OCH3 is 2. The van der Waals surface area contributed by atoms with Gasteiger partial charge in [-0.2, -0.15) is 19.9 Å². The minimum Gasteiger partial charge on any atom is -0.481 e. The number of aromatic amines is 2. The molecule has 7 saturated heterocycles. The Hall–Kier alpha value is -9.27. The first-order chi connectivity index (χ1) is 49.3. The van der Waals surface area contributed by atoms with Crippen LogP contribution in [-0.2, 0) is 33.0 Å². The van der Waals surface area contributed by atoms with Gasteiger partial charge in [-0.25, -0.2) is 39.5 Å². The standard InChI is InChI=1S/C19H25N7O5.C18H27ClN4O4.C17H23N7O3.C11H18BN3O3/c1-29-19(28)26-4-2-12(3-5-26)31-15-10-14(13-11-21-17(20)24-16(13)27)22-18(23-15)25-6-8-30-9-7-25;1-18(2,3)27-17(24)23-6-4-13(5-7-23)26-15-12-14(19)20-16(21-15)22-8-10-25-11-9-22;18-16-20-10-12(15(25)23-16)13-9-14(27-11-1-3-19-4-2-11)22-17(21-13)24-5-7-26-8-6-24;1-10(2)11(3,4)18-12(17-10)7-6-14-9(13)15-8(7)16-5/h10-12H,2-9H2,1H3,(H3,20,21,24,27);12-13H,4-11H2,1-3H3;9-11,19H,1-8H2,(H3,18,20,23,25);6H,1-5H3,(H2,13,14,15). The molecule has 0 radical (unpaired) electrons. The summed E-state index contributed by atoms with van der Waals surface area (Å²) in [4.78, 5) is 106. The Morgan fingerprint density at radius 2 is 0.961 bits per heavy atom. The Balaban J connectivity index is 0.000000150. The van der Waals surface area contributed by atoms with Crippen molar-refractivity contribution in [2.24, 2.45) is 0 Å². The van der Waals surface area contributed by atoms with Crippen molar-refractivity contribution >= 4 is 72.1 Å². The zero-order valence-electron chi connectivity index (χ0n) is 59.7. The van der Waals surface area contributed by atoms with E-state index in [0.29, 0.717) is 187 Å². The first-order valence-corrected chi connectivity index (χ1v) is 34.7. The summed E-state index contributed by atoms with van der Waals surface area (Å²) in [5.41, 5.74) is 16.7. The van der Waals surface area contributed by atoms with Gasteiger partial charge >= 0.3 is 19.3 Å².